The van der Waals surface area contributed by atoms with Crippen LogP contribution in [0.3, 0.4) is 0 Å². The normalized spacial score (nSPS) is 22.3. The minimum absolute atomic E-state index is 0.165. The minimum atomic E-state index is -2.82. The van der Waals surface area contributed by atoms with Crippen molar-refractivity contribution in [3.05, 3.63) is 66.2 Å². The molecule has 0 unspecified atom stereocenters. The van der Waals surface area contributed by atoms with E-state index in [2.05, 4.69) is 30.6 Å². The molecular weight excluding hydrogens is 492 g/mol. The van der Waals surface area contributed by atoms with Gasteiger partial charge in [-0.2, -0.15) is 0 Å². The van der Waals surface area contributed by atoms with Crippen LogP contribution in [-0.2, 0) is 16.1 Å². The first-order valence-corrected chi connectivity index (χ1v) is 11.6. The van der Waals surface area contributed by atoms with Crippen molar-refractivity contribution in [2.24, 2.45) is 0 Å². The molecule has 0 saturated carbocycles. The summed E-state index contributed by atoms with van der Waals surface area (Å²) in [7, 11) is 1.49. The highest BCUT2D eigenvalue weighted by Gasteiger charge is 2.47. The van der Waals surface area contributed by atoms with Crippen molar-refractivity contribution in [3.8, 4) is 11.4 Å². The molecule has 1 aromatic carbocycles. The molecule has 4 aromatic rings. The van der Waals surface area contributed by atoms with Crippen molar-refractivity contribution in [1.29, 1.82) is 0 Å². The maximum absolute atomic E-state index is 12.5. The summed E-state index contributed by atoms with van der Waals surface area (Å²) < 4.78 is 28.7. The van der Waals surface area contributed by atoms with Crippen LogP contribution in [0, 0.1) is 0 Å². The quantitative estimate of drug-likeness (QED) is 0.226. The van der Waals surface area contributed by atoms with Crippen LogP contribution in [0.1, 0.15) is 26.3 Å². The Bertz CT molecular complexity index is 1580. The van der Waals surface area contributed by atoms with E-state index in [4.69, 9.17) is 8.85 Å². The number of fused-ring (bicyclic) bond motifs is 1. The van der Waals surface area contributed by atoms with Gasteiger partial charge in [0.25, 0.3) is 11.8 Å². The molecule has 0 radical (unpaired) electrons. The predicted molar refractivity (Wildman–Crippen MR) is 136 cm³/mol. The third-order valence-electron chi connectivity index (χ3n) is 6.10. The van der Waals surface area contributed by atoms with Gasteiger partial charge in [0.2, 0.25) is 0 Å². The monoisotopic (exact) mass is 521 g/mol. The summed E-state index contributed by atoms with van der Waals surface area (Å²) in [5, 5.41) is 28.8. The van der Waals surface area contributed by atoms with E-state index in [1.54, 1.807) is 11.4 Å². The topological polar surface area (TPSA) is 176 Å². The van der Waals surface area contributed by atoms with Gasteiger partial charge in [-0.15, -0.1) is 0 Å². The Morgan fingerprint density at radius 2 is 1.95 bits per heavy atom. The van der Waals surface area contributed by atoms with Crippen LogP contribution >= 0.6 is 0 Å². The van der Waals surface area contributed by atoms with Gasteiger partial charge in [-0.3, -0.25) is 19.1 Å². The summed E-state index contributed by atoms with van der Waals surface area (Å²) in [6.45, 7) is -2.43. The summed E-state index contributed by atoms with van der Waals surface area (Å²) in [5.41, 5.74) is 2.11. The summed E-state index contributed by atoms with van der Waals surface area (Å²) in [4.78, 5) is 42.4. The van der Waals surface area contributed by atoms with Crippen LogP contribution < -0.4 is 16.0 Å². The fourth-order valence-corrected chi connectivity index (χ4v) is 4.14. The number of anilines is 1. The Balaban J connectivity index is 1.56. The van der Waals surface area contributed by atoms with Crippen molar-refractivity contribution in [3.63, 3.8) is 0 Å². The Hall–Kier alpha value is -4.46. The number of nitrogens with zero attached hydrogens (tertiary/aromatic N) is 5. The number of nitrogens with one attached hydrogen (secondary N) is 3. The molecule has 1 saturated heterocycles. The van der Waals surface area contributed by atoms with E-state index in [0.717, 1.165) is 5.56 Å². The van der Waals surface area contributed by atoms with Crippen LogP contribution in [0.4, 0.5) is 5.82 Å². The van der Waals surface area contributed by atoms with E-state index in [9.17, 15) is 19.8 Å². The Morgan fingerprint density at radius 1 is 1.13 bits per heavy atom. The second-order valence-corrected chi connectivity index (χ2v) is 8.52. The third kappa shape index (κ3) is 4.65. The van der Waals surface area contributed by atoms with E-state index < -0.39 is 37.4 Å². The molecule has 3 aromatic heterocycles. The number of pyridine rings is 1. The molecule has 4 heterocycles. The predicted octanol–water partition coefficient (Wildman–Crippen LogP) is 0.225. The zero-order valence-corrected chi connectivity index (χ0v) is 20.1. The van der Waals surface area contributed by atoms with Crippen LogP contribution in [0.25, 0.3) is 22.6 Å². The Kier molecular flexibility index (Phi) is 5.97. The molecule has 1 aliphatic rings. The van der Waals surface area contributed by atoms with Gasteiger partial charge in [-0.1, -0.05) is 30.3 Å². The molecular formula is C25H26N8O5. The summed E-state index contributed by atoms with van der Waals surface area (Å²) in [6, 6.07) is 11.1. The molecule has 0 spiro atoms. The first-order chi connectivity index (χ1) is 19.6. The van der Waals surface area contributed by atoms with E-state index in [1.807, 2.05) is 30.3 Å². The number of imidazole rings is 1. The molecule has 196 valence electrons. The number of aromatic nitrogens is 5. The van der Waals surface area contributed by atoms with Crippen molar-refractivity contribution in [1.82, 2.24) is 35.1 Å². The zero-order chi connectivity index (χ0) is 29.3. The highest BCUT2D eigenvalue weighted by molar-refractivity contribution is 5.95. The molecule has 0 bridgehead atoms. The van der Waals surface area contributed by atoms with E-state index in [-0.39, 0.29) is 22.9 Å². The molecule has 0 aliphatic carbocycles. The summed E-state index contributed by atoms with van der Waals surface area (Å²) >= 11 is 0. The molecule has 38 heavy (non-hydrogen) atoms. The molecule has 13 nitrogen and oxygen atoms in total. The van der Waals surface area contributed by atoms with Crippen LogP contribution in [0.15, 0.2) is 55.1 Å². The number of amides is 2. The van der Waals surface area contributed by atoms with Gasteiger partial charge in [-0.25, -0.2) is 15.0 Å². The van der Waals surface area contributed by atoms with Crippen LogP contribution in [0.5, 0.6) is 0 Å². The number of hydrogen-bond acceptors (Lipinski definition) is 10. The number of carbonyl (C=O) groups excluding carboxylic acids is 2. The summed E-state index contributed by atoms with van der Waals surface area (Å²) in [6.07, 6.45) is -2.19. The van der Waals surface area contributed by atoms with Gasteiger partial charge in [0, 0.05) is 42.6 Å². The van der Waals surface area contributed by atoms with Gasteiger partial charge in [0.05, 0.1) is 11.9 Å². The lowest BCUT2D eigenvalue weighted by atomic mass is 10.1. The standard InChI is InChI=1S/C25H26N8O5/c1-26-23(36)15-8-14(10-28-11-15)20-31-21(29-9-13-6-4-3-5-7-13)16-22(32-20)33(12-30-16)25-18(35)17(34)19(38-25)24(37)27-2/h3-8,10-12,17-19,25,34-35H,9H2,1-2H3,(H,26,36)(H,27,37)(H,29,31,32)/t17-,18+,19-,25+/m0/s1/i2D3. The molecule has 5 rings (SSSR count). The first-order valence-electron chi connectivity index (χ1n) is 13.1. The smallest absolute Gasteiger partial charge is 0.252 e. The minimum Gasteiger partial charge on any atom is -0.387 e. The highest BCUT2D eigenvalue weighted by atomic mass is 16.6. The number of hydrogen-bond donors (Lipinski definition) is 5. The highest BCUT2D eigenvalue weighted by Crippen LogP contribution is 2.33. The van der Waals surface area contributed by atoms with E-state index in [1.165, 1.54) is 30.3 Å². The molecule has 2 amide bonds. The van der Waals surface area contributed by atoms with Gasteiger partial charge in [-0.05, 0) is 11.6 Å². The number of rotatable bonds is 7. The van der Waals surface area contributed by atoms with Gasteiger partial charge < -0.3 is 30.9 Å². The maximum Gasteiger partial charge on any atom is 0.252 e. The Labute approximate surface area is 221 Å². The van der Waals surface area contributed by atoms with E-state index in [0.29, 0.717) is 23.4 Å². The lowest BCUT2D eigenvalue weighted by Crippen LogP contribution is -2.41. The molecule has 13 heteroatoms. The summed E-state index contributed by atoms with van der Waals surface area (Å²) in [5.74, 6) is -0.979. The van der Waals surface area contributed by atoms with Crippen molar-refractivity contribution in [2.75, 3.05) is 19.3 Å². The average Bonchev–Trinajstić information content (AvgIpc) is 3.51. The first kappa shape index (κ1) is 21.6. The number of carbonyl (C=O) groups is 2. The van der Waals surface area contributed by atoms with Crippen molar-refractivity contribution < 1.29 is 28.7 Å². The number of benzene rings is 1. The lowest BCUT2D eigenvalue weighted by Gasteiger charge is -2.17. The molecule has 1 aliphatic heterocycles. The van der Waals surface area contributed by atoms with Gasteiger partial charge >= 0.3 is 0 Å². The zero-order valence-electron chi connectivity index (χ0n) is 23.1. The molecule has 1 fully saturated rings. The second kappa shape index (κ2) is 10.5. The fraction of sp³-hybridized carbons (Fsp3) is 0.280. The van der Waals surface area contributed by atoms with Gasteiger partial charge in [0.15, 0.2) is 35.1 Å². The molecule has 4 atom stereocenters. The largest absolute Gasteiger partial charge is 0.387 e. The third-order valence-corrected chi connectivity index (χ3v) is 6.10. The number of aliphatic hydroxyl groups excluding tert-OH is 2. The molecule has 5 N–H and O–H groups in total. The van der Waals surface area contributed by atoms with Crippen molar-refractivity contribution in [2.45, 2.75) is 31.1 Å². The fourth-order valence-electron chi connectivity index (χ4n) is 4.14. The number of aliphatic hydroxyl groups is 2. The number of likely N-dealkylation sites (N-methyl/N-ethyl adjacent to an activating group) is 1. The lowest BCUT2D eigenvalue weighted by molar-refractivity contribution is -0.137. The SMILES string of the molecule is [2H]C([2H])([2H])NC(=O)[C@H]1O[C@@H](n2cnc3c(NCc4ccccc4)nc(-c4cncc(C(=O)NC)c4)nc32)[C@H](O)[C@@H]1O. The van der Waals surface area contributed by atoms with Crippen molar-refractivity contribution >= 4 is 28.8 Å². The Morgan fingerprint density at radius 3 is 2.71 bits per heavy atom. The average molecular weight is 522 g/mol. The number of ether oxygens (including phenoxy) is 1. The van der Waals surface area contributed by atoms with Crippen LogP contribution in [-0.4, -0.2) is 78.9 Å². The van der Waals surface area contributed by atoms with Crippen LogP contribution in [0.2, 0.25) is 0 Å². The van der Waals surface area contributed by atoms with Gasteiger partial charge in [0.1, 0.15) is 12.2 Å². The second-order valence-electron chi connectivity index (χ2n) is 8.52. The van der Waals surface area contributed by atoms with E-state index >= 15 is 0 Å². The maximum atomic E-state index is 12.5.